The molecule has 0 spiro atoms. The van der Waals surface area contributed by atoms with Gasteiger partial charge in [0.25, 0.3) is 0 Å². The number of methoxy groups -OCH3 is 1. The van der Waals surface area contributed by atoms with E-state index in [2.05, 4.69) is 36.1 Å². The molecule has 0 aliphatic carbocycles. The van der Waals surface area contributed by atoms with Crippen LogP contribution in [0.3, 0.4) is 0 Å². The lowest BCUT2D eigenvalue weighted by Crippen LogP contribution is -2.19. The van der Waals surface area contributed by atoms with Gasteiger partial charge in [-0.15, -0.1) is 0 Å². The Morgan fingerprint density at radius 1 is 1.11 bits per heavy atom. The predicted octanol–water partition coefficient (Wildman–Crippen LogP) is 2.46. The van der Waals surface area contributed by atoms with Crippen LogP contribution in [0.15, 0.2) is 0 Å². The van der Waals surface area contributed by atoms with Crippen LogP contribution in [0.2, 0.25) is 0 Å². The monoisotopic (exact) mass is 265 g/mol. The molecular weight excluding hydrogens is 238 g/mol. The van der Waals surface area contributed by atoms with Gasteiger partial charge in [-0.05, 0) is 44.8 Å². The Morgan fingerprint density at radius 3 is 2.11 bits per heavy atom. The minimum absolute atomic E-state index is 0.0431. The maximum absolute atomic E-state index is 5.34. The van der Waals surface area contributed by atoms with E-state index in [1.807, 2.05) is 6.92 Å². The molecule has 1 aromatic rings. The maximum atomic E-state index is 5.34. The molecule has 1 atom stereocenters. The summed E-state index contributed by atoms with van der Waals surface area (Å²) in [5.74, 6) is 0.809. The predicted molar refractivity (Wildman–Crippen MR) is 78.5 cm³/mol. The van der Waals surface area contributed by atoms with Gasteiger partial charge in [-0.3, -0.25) is 0 Å². The first-order valence-corrected chi connectivity index (χ1v) is 7.29. The molecule has 0 saturated carbocycles. The van der Waals surface area contributed by atoms with Crippen molar-refractivity contribution in [3.63, 3.8) is 0 Å². The molecule has 0 aromatic carbocycles. The summed E-state index contributed by atoms with van der Waals surface area (Å²) in [6.07, 6.45) is 2.85. The van der Waals surface area contributed by atoms with E-state index in [1.54, 1.807) is 7.11 Å². The molecule has 1 unspecified atom stereocenters. The van der Waals surface area contributed by atoms with Gasteiger partial charge in [-0.2, -0.15) is 0 Å². The zero-order valence-electron chi connectivity index (χ0n) is 12.9. The van der Waals surface area contributed by atoms with Crippen LogP contribution in [-0.2, 0) is 24.0 Å². The molecule has 4 nitrogen and oxygen atoms in total. The van der Waals surface area contributed by atoms with Crippen molar-refractivity contribution in [3.05, 3.63) is 22.8 Å². The molecule has 0 aliphatic rings. The molecule has 0 fully saturated rings. The van der Waals surface area contributed by atoms with E-state index in [0.717, 1.165) is 38.2 Å². The molecule has 108 valence electrons. The zero-order valence-corrected chi connectivity index (χ0v) is 12.9. The second-order valence-corrected chi connectivity index (χ2v) is 4.64. The van der Waals surface area contributed by atoms with Gasteiger partial charge in [-0.1, -0.05) is 20.8 Å². The third-order valence-electron chi connectivity index (χ3n) is 3.38. The lowest BCUT2D eigenvalue weighted by atomic mass is 10.0. The lowest BCUT2D eigenvalue weighted by molar-refractivity contribution is 0.111. The van der Waals surface area contributed by atoms with Crippen molar-refractivity contribution in [3.8, 4) is 0 Å². The molecule has 4 heteroatoms. The van der Waals surface area contributed by atoms with E-state index in [-0.39, 0.29) is 6.10 Å². The van der Waals surface area contributed by atoms with Crippen molar-refractivity contribution in [2.24, 2.45) is 0 Å². The Morgan fingerprint density at radius 2 is 1.68 bits per heavy atom. The highest BCUT2D eigenvalue weighted by molar-refractivity contribution is 5.27. The highest BCUT2D eigenvalue weighted by Gasteiger charge is 2.15. The molecule has 0 aliphatic heterocycles. The molecule has 19 heavy (non-hydrogen) atoms. The average Bonchev–Trinajstić information content (AvgIpc) is 2.46. The molecule has 0 radical (unpaired) electrons. The summed E-state index contributed by atoms with van der Waals surface area (Å²) in [7, 11) is 1.70. The van der Waals surface area contributed by atoms with E-state index in [0.29, 0.717) is 0 Å². The number of nitrogens with one attached hydrogen (secondary N) is 1. The van der Waals surface area contributed by atoms with Gasteiger partial charge in [-0.25, -0.2) is 9.97 Å². The fourth-order valence-electron chi connectivity index (χ4n) is 2.15. The number of aryl methyl sites for hydroxylation is 2. The minimum Gasteiger partial charge on any atom is -0.374 e. The average molecular weight is 265 g/mol. The van der Waals surface area contributed by atoms with Gasteiger partial charge >= 0.3 is 0 Å². The largest absolute Gasteiger partial charge is 0.374 e. The highest BCUT2D eigenvalue weighted by Crippen LogP contribution is 2.18. The molecule has 0 saturated heterocycles. The van der Waals surface area contributed by atoms with Gasteiger partial charge in [0.05, 0.1) is 0 Å². The smallest absolute Gasteiger partial charge is 0.157 e. The second kappa shape index (κ2) is 8.23. The van der Waals surface area contributed by atoms with Gasteiger partial charge in [0.15, 0.2) is 5.82 Å². The number of ether oxygens (including phenoxy) is 1. The number of nitrogens with zero attached hydrogens (tertiary/aromatic N) is 2. The van der Waals surface area contributed by atoms with Crippen molar-refractivity contribution in [1.29, 1.82) is 0 Å². The molecule has 1 rings (SSSR count). The Bertz CT molecular complexity index is 368. The fourth-order valence-corrected chi connectivity index (χ4v) is 2.15. The number of likely N-dealkylation sites (N-methyl/N-ethyl adjacent to an activating group) is 1. The third-order valence-corrected chi connectivity index (χ3v) is 3.38. The van der Waals surface area contributed by atoms with Crippen LogP contribution < -0.4 is 5.32 Å². The van der Waals surface area contributed by atoms with E-state index in [1.165, 1.54) is 17.0 Å². The molecular formula is C15H27N3O. The van der Waals surface area contributed by atoms with Crippen LogP contribution >= 0.6 is 0 Å². The highest BCUT2D eigenvalue weighted by atomic mass is 16.5. The summed E-state index contributed by atoms with van der Waals surface area (Å²) >= 11 is 0. The fraction of sp³-hybridized carbons (Fsp3) is 0.733. The quantitative estimate of drug-likeness (QED) is 0.734. The minimum atomic E-state index is -0.0431. The van der Waals surface area contributed by atoms with Crippen molar-refractivity contribution in [2.45, 2.75) is 53.1 Å². The Balaban J connectivity index is 3.06. The standard InChI is InChI=1S/C15H27N3O/c1-6-13-12(9-10-16-8-3)14(7-2)18-15(17-13)11(4)19-5/h11,16H,6-10H2,1-5H3. The first kappa shape index (κ1) is 16.1. The topological polar surface area (TPSA) is 47.0 Å². The number of rotatable bonds is 8. The molecule has 0 amide bonds. The molecule has 1 heterocycles. The van der Waals surface area contributed by atoms with Crippen molar-refractivity contribution in [1.82, 2.24) is 15.3 Å². The van der Waals surface area contributed by atoms with Crippen LogP contribution in [0, 0.1) is 0 Å². The van der Waals surface area contributed by atoms with Crippen LogP contribution in [0.4, 0.5) is 0 Å². The van der Waals surface area contributed by atoms with E-state index in [9.17, 15) is 0 Å². The lowest BCUT2D eigenvalue weighted by Gasteiger charge is -2.16. The van der Waals surface area contributed by atoms with E-state index in [4.69, 9.17) is 4.74 Å². The van der Waals surface area contributed by atoms with Gasteiger partial charge < -0.3 is 10.1 Å². The number of hydrogen-bond donors (Lipinski definition) is 1. The van der Waals surface area contributed by atoms with E-state index < -0.39 is 0 Å². The molecule has 1 aromatic heterocycles. The SMILES string of the molecule is CCNCCc1c(CC)nc(C(C)OC)nc1CC. The van der Waals surface area contributed by atoms with Crippen molar-refractivity contribution < 1.29 is 4.74 Å². The van der Waals surface area contributed by atoms with Gasteiger partial charge in [0.2, 0.25) is 0 Å². The molecule has 1 N–H and O–H groups in total. The Kier molecular flexibility index (Phi) is 6.95. The zero-order chi connectivity index (χ0) is 14.3. The van der Waals surface area contributed by atoms with Crippen molar-refractivity contribution >= 4 is 0 Å². The van der Waals surface area contributed by atoms with Crippen molar-refractivity contribution in [2.75, 3.05) is 20.2 Å². The normalized spacial score (nSPS) is 12.7. The third kappa shape index (κ3) is 4.25. The van der Waals surface area contributed by atoms with Crippen LogP contribution in [0.25, 0.3) is 0 Å². The Labute approximate surface area is 117 Å². The van der Waals surface area contributed by atoms with Gasteiger partial charge in [0.1, 0.15) is 6.10 Å². The summed E-state index contributed by atoms with van der Waals surface area (Å²) < 4.78 is 5.34. The van der Waals surface area contributed by atoms with Crippen LogP contribution in [0.1, 0.15) is 56.6 Å². The van der Waals surface area contributed by atoms with Crippen LogP contribution in [-0.4, -0.2) is 30.2 Å². The summed E-state index contributed by atoms with van der Waals surface area (Å²) in [5.41, 5.74) is 3.66. The second-order valence-electron chi connectivity index (χ2n) is 4.64. The number of aromatic nitrogens is 2. The maximum Gasteiger partial charge on any atom is 0.157 e. The number of hydrogen-bond acceptors (Lipinski definition) is 4. The van der Waals surface area contributed by atoms with Crippen LogP contribution in [0.5, 0.6) is 0 Å². The first-order chi connectivity index (χ1) is 9.17. The van der Waals surface area contributed by atoms with Gasteiger partial charge in [0, 0.05) is 18.5 Å². The summed E-state index contributed by atoms with van der Waals surface area (Å²) in [6.45, 7) is 10.4. The Hall–Kier alpha value is -1.00. The summed E-state index contributed by atoms with van der Waals surface area (Å²) in [5, 5.41) is 3.37. The summed E-state index contributed by atoms with van der Waals surface area (Å²) in [6, 6.07) is 0. The van der Waals surface area contributed by atoms with E-state index >= 15 is 0 Å². The summed E-state index contributed by atoms with van der Waals surface area (Å²) in [4.78, 5) is 9.37. The molecule has 0 bridgehead atoms. The first-order valence-electron chi connectivity index (χ1n) is 7.29.